The van der Waals surface area contributed by atoms with Crippen LogP contribution < -0.4 is 5.32 Å². The van der Waals surface area contributed by atoms with Crippen molar-refractivity contribution >= 4 is 11.9 Å². The number of carbonyl (C=O) groups is 2. The molecule has 0 aliphatic rings. The molecule has 0 fully saturated rings. The molecule has 94 valence electrons. The van der Waals surface area contributed by atoms with Crippen LogP contribution in [0, 0.1) is 0 Å². The Morgan fingerprint density at radius 2 is 2.29 bits per heavy atom. The summed E-state index contributed by atoms with van der Waals surface area (Å²) in [5.74, 6) is -1.25. The van der Waals surface area contributed by atoms with Gasteiger partial charge in [-0.15, -0.1) is 0 Å². The molecule has 0 aliphatic heterocycles. The van der Waals surface area contributed by atoms with Crippen molar-refractivity contribution in [3.8, 4) is 0 Å². The highest BCUT2D eigenvalue weighted by molar-refractivity contribution is 5.92. The molecule has 1 amide bonds. The number of carbonyl (C=O) groups excluding carboxylic acids is 1. The SMILES string of the molecule is CCCCNC(=O)c1ccn(C(C)C(=O)O)n1. The highest BCUT2D eigenvalue weighted by atomic mass is 16.4. The standard InChI is InChI=1S/C11H17N3O3/c1-3-4-6-12-10(15)9-5-7-14(13-9)8(2)11(16)17/h5,7-8H,3-4,6H2,1-2H3,(H,12,15)(H,16,17). The minimum absolute atomic E-state index is 0.245. The number of nitrogens with one attached hydrogen (secondary N) is 1. The van der Waals surface area contributed by atoms with Gasteiger partial charge in [0.25, 0.3) is 5.91 Å². The van der Waals surface area contributed by atoms with Crippen LogP contribution in [0.25, 0.3) is 0 Å². The number of unbranched alkanes of at least 4 members (excludes halogenated alkanes) is 1. The molecule has 2 N–H and O–H groups in total. The number of rotatable bonds is 6. The number of hydrogen-bond donors (Lipinski definition) is 2. The van der Waals surface area contributed by atoms with E-state index in [2.05, 4.69) is 10.4 Å². The van der Waals surface area contributed by atoms with Gasteiger partial charge in [0.15, 0.2) is 0 Å². The van der Waals surface area contributed by atoms with Crippen LogP contribution in [0.2, 0.25) is 0 Å². The maximum Gasteiger partial charge on any atom is 0.328 e. The van der Waals surface area contributed by atoms with Crippen molar-refractivity contribution < 1.29 is 14.7 Å². The predicted octanol–water partition coefficient (Wildman–Crippen LogP) is 1.06. The van der Waals surface area contributed by atoms with E-state index in [9.17, 15) is 9.59 Å². The molecule has 6 heteroatoms. The Morgan fingerprint density at radius 3 is 2.88 bits per heavy atom. The third-order valence-electron chi connectivity index (χ3n) is 2.41. The first kappa shape index (κ1) is 13.2. The maximum atomic E-state index is 11.6. The van der Waals surface area contributed by atoms with Crippen LogP contribution in [0.3, 0.4) is 0 Å². The minimum atomic E-state index is -0.981. The van der Waals surface area contributed by atoms with Gasteiger partial charge in [-0.25, -0.2) is 4.79 Å². The summed E-state index contributed by atoms with van der Waals surface area (Å²) in [7, 11) is 0. The zero-order valence-electron chi connectivity index (χ0n) is 10.0. The van der Waals surface area contributed by atoms with Crippen LogP contribution in [0.1, 0.15) is 43.2 Å². The Bertz CT molecular complexity index is 400. The van der Waals surface area contributed by atoms with E-state index in [0.717, 1.165) is 12.8 Å². The number of nitrogens with zero attached hydrogens (tertiary/aromatic N) is 2. The normalized spacial score (nSPS) is 12.1. The number of carboxylic acid groups (broad SMARTS) is 1. The molecule has 0 bridgehead atoms. The van der Waals surface area contributed by atoms with E-state index in [1.807, 2.05) is 6.92 Å². The second kappa shape index (κ2) is 6.03. The topological polar surface area (TPSA) is 84.2 Å². The first-order valence-electron chi connectivity index (χ1n) is 5.62. The van der Waals surface area contributed by atoms with Gasteiger partial charge in [0.05, 0.1) is 0 Å². The summed E-state index contributed by atoms with van der Waals surface area (Å²) in [5.41, 5.74) is 0.245. The quantitative estimate of drug-likeness (QED) is 0.727. The Morgan fingerprint density at radius 1 is 1.59 bits per heavy atom. The van der Waals surface area contributed by atoms with Crippen molar-refractivity contribution in [1.29, 1.82) is 0 Å². The lowest BCUT2D eigenvalue weighted by Crippen LogP contribution is -2.25. The van der Waals surface area contributed by atoms with Crippen molar-refractivity contribution in [2.75, 3.05) is 6.54 Å². The molecule has 0 aliphatic carbocycles. The fourth-order valence-corrected chi connectivity index (χ4v) is 1.26. The molecule has 1 aromatic rings. The van der Waals surface area contributed by atoms with Gasteiger partial charge >= 0.3 is 5.97 Å². The fraction of sp³-hybridized carbons (Fsp3) is 0.545. The first-order chi connectivity index (χ1) is 8.06. The number of aliphatic carboxylic acids is 1. The molecule has 0 spiro atoms. The average Bonchev–Trinajstić information content (AvgIpc) is 2.77. The zero-order chi connectivity index (χ0) is 12.8. The van der Waals surface area contributed by atoms with E-state index in [4.69, 9.17) is 5.11 Å². The number of amides is 1. The molecule has 17 heavy (non-hydrogen) atoms. The van der Waals surface area contributed by atoms with Crippen LogP contribution >= 0.6 is 0 Å². The summed E-state index contributed by atoms with van der Waals surface area (Å²) in [5, 5.41) is 15.4. The molecule has 1 aromatic heterocycles. The lowest BCUT2D eigenvalue weighted by atomic mass is 10.3. The first-order valence-corrected chi connectivity index (χ1v) is 5.62. The molecule has 1 heterocycles. The lowest BCUT2D eigenvalue weighted by molar-refractivity contribution is -0.140. The molecule has 0 radical (unpaired) electrons. The molecule has 1 rings (SSSR count). The number of aromatic nitrogens is 2. The van der Waals surface area contributed by atoms with E-state index >= 15 is 0 Å². The molecule has 6 nitrogen and oxygen atoms in total. The lowest BCUT2D eigenvalue weighted by Gasteiger charge is -2.05. The maximum absolute atomic E-state index is 11.6. The molecule has 0 saturated heterocycles. The Hall–Kier alpha value is -1.85. The van der Waals surface area contributed by atoms with Crippen LogP contribution in [-0.4, -0.2) is 33.3 Å². The van der Waals surface area contributed by atoms with Crippen LogP contribution in [0.5, 0.6) is 0 Å². The van der Waals surface area contributed by atoms with Gasteiger partial charge < -0.3 is 10.4 Å². The minimum Gasteiger partial charge on any atom is -0.480 e. The summed E-state index contributed by atoms with van der Waals surface area (Å²) in [6, 6.07) is 0.743. The van der Waals surface area contributed by atoms with E-state index in [1.165, 1.54) is 23.9 Å². The van der Waals surface area contributed by atoms with Gasteiger partial charge in [-0.05, 0) is 19.4 Å². The predicted molar refractivity (Wildman–Crippen MR) is 61.8 cm³/mol. The smallest absolute Gasteiger partial charge is 0.328 e. The van der Waals surface area contributed by atoms with Gasteiger partial charge in [0.1, 0.15) is 11.7 Å². The van der Waals surface area contributed by atoms with Crippen molar-refractivity contribution in [2.24, 2.45) is 0 Å². The highest BCUT2D eigenvalue weighted by Crippen LogP contribution is 2.05. The third-order valence-corrected chi connectivity index (χ3v) is 2.41. The van der Waals surface area contributed by atoms with Gasteiger partial charge in [-0.1, -0.05) is 13.3 Å². The van der Waals surface area contributed by atoms with E-state index in [0.29, 0.717) is 6.54 Å². The van der Waals surface area contributed by atoms with Gasteiger partial charge in [-0.2, -0.15) is 5.10 Å². The van der Waals surface area contributed by atoms with Crippen molar-refractivity contribution in [2.45, 2.75) is 32.7 Å². The molecule has 0 saturated carbocycles. The van der Waals surface area contributed by atoms with Gasteiger partial charge in [0, 0.05) is 12.7 Å². The van der Waals surface area contributed by atoms with Crippen LogP contribution in [0.15, 0.2) is 12.3 Å². The second-order valence-corrected chi connectivity index (χ2v) is 3.80. The zero-order valence-corrected chi connectivity index (χ0v) is 10.0. The second-order valence-electron chi connectivity index (χ2n) is 3.80. The van der Waals surface area contributed by atoms with Crippen molar-refractivity contribution in [3.63, 3.8) is 0 Å². The Balaban J connectivity index is 2.61. The largest absolute Gasteiger partial charge is 0.480 e. The fourth-order valence-electron chi connectivity index (χ4n) is 1.26. The van der Waals surface area contributed by atoms with E-state index < -0.39 is 12.0 Å². The molecule has 1 unspecified atom stereocenters. The van der Waals surface area contributed by atoms with E-state index in [1.54, 1.807) is 0 Å². The summed E-state index contributed by atoms with van der Waals surface area (Å²) in [6.45, 7) is 4.15. The van der Waals surface area contributed by atoms with E-state index in [-0.39, 0.29) is 11.6 Å². The number of hydrogen-bond acceptors (Lipinski definition) is 3. The monoisotopic (exact) mass is 239 g/mol. The summed E-state index contributed by atoms with van der Waals surface area (Å²) in [6.07, 6.45) is 3.41. The Kier molecular flexibility index (Phi) is 4.68. The summed E-state index contributed by atoms with van der Waals surface area (Å²) in [4.78, 5) is 22.3. The summed E-state index contributed by atoms with van der Waals surface area (Å²) < 4.78 is 1.26. The molecular formula is C11H17N3O3. The van der Waals surface area contributed by atoms with Gasteiger partial charge in [0.2, 0.25) is 0 Å². The van der Waals surface area contributed by atoms with Crippen molar-refractivity contribution in [1.82, 2.24) is 15.1 Å². The van der Waals surface area contributed by atoms with Crippen molar-refractivity contribution in [3.05, 3.63) is 18.0 Å². The Labute approximate surface area is 99.6 Å². The van der Waals surface area contributed by atoms with Crippen LogP contribution in [-0.2, 0) is 4.79 Å². The molecule has 0 aromatic carbocycles. The average molecular weight is 239 g/mol. The number of carboxylic acids is 1. The summed E-state index contributed by atoms with van der Waals surface area (Å²) >= 11 is 0. The van der Waals surface area contributed by atoms with Gasteiger partial charge in [-0.3, -0.25) is 9.48 Å². The highest BCUT2D eigenvalue weighted by Gasteiger charge is 2.16. The third kappa shape index (κ3) is 3.58. The molecular weight excluding hydrogens is 222 g/mol. The molecule has 1 atom stereocenters. The van der Waals surface area contributed by atoms with Crippen LogP contribution in [0.4, 0.5) is 0 Å².